The quantitative estimate of drug-likeness (QED) is 0.493. The molecule has 66 valence electrons. The van der Waals surface area contributed by atoms with Crippen molar-refractivity contribution in [1.82, 2.24) is 0 Å². The third-order valence-electron chi connectivity index (χ3n) is 1.86. The van der Waals surface area contributed by atoms with Gasteiger partial charge in [-0.1, -0.05) is 18.2 Å². The summed E-state index contributed by atoms with van der Waals surface area (Å²) < 4.78 is 0.560. The molecule has 12 heavy (non-hydrogen) atoms. The molecule has 0 unspecified atom stereocenters. The second kappa shape index (κ2) is 3.59. The van der Waals surface area contributed by atoms with Crippen LogP contribution in [-0.4, -0.2) is 25.3 Å². The Morgan fingerprint density at radius 1 is 1.17 bits per heavy atom. The molecule has 0 saturated carbocycles. The smallest absolute Gasteiger partial charge is 0.190 e. The van der Waals surface area contributed by atoms with E-state index < -0.39 is 0 Å². The lowest BCUT2D eigenvalue weighted by atomic mass is 10.3. The second-order valence-corrected chi connectivity index (χ2v) is 3.29. The van der Waals surface area contributed by atoms with Gasteiger partial charge in [0, 0.05) is 0 Å². The fraction of sp³-hybridized carbons (Fsp3) is 0.400. The predicted molar refractivity (Wildman–Crippen MR) is 49.7 cm³/mol. The zero-order chi connectivity index (χ0) is 9.03. The first-order chi connectivity index (χ1) is 5.64. The zero-order valence-electron chi connectivity index (χ0n) is 7.95. The minimum atomic E-state index is 0.560. The van der Waals surface area contributed by atoms with Crippen molar-refractivity contribution in [2.45, 2.75) is 6.92 Å². The summed E-state index contributed by atoms with van der Waals surface area (Å²) in [5.74, 6) is 0.921. The van der Waals surface area contributed by atoms with E-state index in [1.807, 2.05) is 44.4 Å². The molecule has 0 bridgehead atoms. The lowest BCUT2D eigenvalue weighted by Gasteiger charge is -2.25. The molecule has 1 aromatic carbocycles. The van der Waals surface area contributed by atoms with Gasteiger partial charge in [-0.2, -0.15) is 0 Å². The van der Waals surface area contributed by atoms with Gasteiger partial charge in [-0.15, -0.1) is 4.65 Å². The van der Waals surface area contributed by atoms with E-state index in [1.54, 1.807) is 0 Å². The average Bonchev–Trinajstić information content (AvgIpc) is 2.06. The van der Waals surface area contributed by atoms with Gasteiger partial charge in [0.05, 0.1) is 0 Å². The van der Waals surface area contributed by atoms with E-state index in [4.69, 9.17) is 4.84 Å². The molecule has 1 rings (SSSR count). The van der Waals surface area contributed by atoms with Crippen molar-refractivity contribution in [3.8, 4) is 5.75 Å². The monoisotopic (exact) mass is 166 g/mol. The molecule has 0 amide bonds. The van der Waals surface area contributed by atoms with Crippen LogP contribution in [0.3, 0.4) is 0 Å². The number of benzene rings is 1. The summed E-state index contributed by atoms with van der Waals surface area (Å²) in [5.41, 5.74) is 0. The van der Waals surface area contributed by atoms with Crippen LogP contribution in [-0.2, 0) is 0 Å². The molecule has 0 aromatic heterocycles. The van der Waals surface area contributed by atoms with Gasteiger partial charge in [-0.25, -0.2) is 0 Å². The average molecular weight is 166 g/mol. The Kier molecular flexibility index (Phi) is 2.71. The van der Waals surface area contributed by atoms with Gasteiger partial charge < -0.3 is 4.84 Å². The van der Waals surface area contributed by atoms with E-state index in [9.17, 15) is 0 Å². The topological polar surface area (TPSA) is 9.23 Å². The molecule has 0 heterocycles. The maximum absolute atomic E-state index is 5.69. The minimum Gasteiger partial charge on any atom is -0.316 e. The van der Waals surface area contributed by atoms with Crippen molar-refractivity contribution < 1.29 is 9.48 Å². The number of hydroxylamine groups is 3. The van der Waals surface area contributed by atoms with Gasteiger partial charge in [-0.3, -0.25) is 0 Å². The molecule has 0 spiro atoms. The summed E-state index contributed by atoms with van der Waals surface area (Å²) in [6.45, 7) is 3.05. The van der Waals surface area contributed by atoms with E-state index in [1.165, 1.54) is 0 Å². The van der Waals surface area contributed by atoms with Crippen LogP contribution in [0, 0.1) is 0 Å². The lowest BCUT2D eigenvalue weighted by molar-refractivity contribution is -1.05. The first-order valence-electron chi connectivity index (χ1n) is 4.22. The SMILES string of the molecule is CC[N+](C)(C)Oc1ccccc1. The van der Waals surface area contributed by atoms with Crippen molar-refractivity contribution in [3.63, 3.8) is 0 Å². The molecule has 0 aliphatic carbocycles. The third kappa shape index (κ3) is 2.55. The Hall–Kier alpha value is -1.02. The largest absolute Gasteiger partial charge is 0.316 e. The van der Waals surface area contributed by atoms with Crippen LogP contribution in [0.15, 0.2) is 30.3 Å². The number of hydrogen-bond acceptors (Lipinski definition) is 1. The third-order valence-corrected chi connectivity index (χ3v) is 1.86. The van der Waals surface area contributed by atoms with Gasteiger partial charge in [0.15, 0.2) is 5.75 Å². The van der Waals surface area contributed by atoms with E-state index in [0.29, 0.717) is 4.65 Å². The van der Waals surface area contributed by atoms with Crippen LogP contribution < -0.4 is 4.84 Å². The molecule has 0 N–H and O–H groups in total. The first-order valence-corrected chi connectivity index (χ1v) is 4.22. The first kappa shape index (κ1) is 9.07. The lowest BCUT2D eigenvalue weighted by Crippen LogP contribution is -2.42. The number of rotatable bonds is 3. The molecular formula is C10H16NO+. The van der Waals surface area contributed by atoms with Crippen molar-refractivity contribution in [2.75, 3.05) is 20.6 Å². The highest BCUT2D eigenvalue weighted by molar-refractivity contribution is 5.20. The van der Waals surface area contributed by atoms with Crippen molar-refractivity contribution in [1.29, 1.82) is 0 Å². The van der Waals surface area contributed by atoms with Crippen LogP contribution in [0.1, 0.15) is 6.92 Å². The van der Waals surface area contributed by atoms with Crippen LogP contribution in [0.4, 0.5) is 0 Å². The van der Waals surface area contributed by atoms with Crippen LogP contribution in [0.2, 0.25) is 0 Å². The number of quaternary nitrogens is 1. The molecule has 0 aliphatic heterocycles. The highest BCUT2D eigenvalue weighted by Crippen LogP contribution is 2.12. The summed E-state index contributed by atoms with van der Waals surface area (Å²) in [7, 11) is 4.07. The molecule has 1 aromatic rings. The fourth-order valence-corrected chi connectivity index (χ4v) is 0.831. The Morgan fingerprint density at radius 2 is 1.75 bits per heavy atom. The molecular weight excluding hydrogens is 150 g/mol. The molecule has 2 nitrogen and oxygen atoms in total. The maximum Gasteiger partial charge on any atom is 0.190 e. The van der Waals surface area contributed by atoms with Crippen LogP contribution in [0.5, 0.6) is 5.75 Å². The van der Waals surface area contributed by atoms with Crippen molar-refractivity contribution in [2.24, 2.45) is 0 Å². The van der Waals surface area contributed by atoms with Crippen molar-refractivity contribution in [3.05, 3.63) is 30.3 Å². The molecule has 0 fully saturated rings. The van der Waals surface area contributed by atoms with E-state index >= 15 is 0 Å². The Bertz CT molecular complexity index is 231. The van der Waals surface area contributed by atoms with E-state index in [2.05, 4.69) is 6.92 Å². The van der Waals surface area contributed by atoms with Gasteiger partial charge in [0.25, 0.3) is 0 Å². The van der Waals surface area contributed by atoms with Crippen LogP contribution >= 0.6 is 0 Å². The number of hydrogen-bond donors (Lipinski definition) is 0. The summed E-state index contributed by atoms with van der Waals surface area (Å²) in [5, 5.41) is 0. The van der Waals surface area contributed by atoms with E-state index in [-0.39, 0.29) is 0 Å². The van der Waals surface area contributed by atoms with Crippen molar-refractivity contribution >= 4 is 0 Å². The van der Waals surface area contributed by atoms with Gasteiger partial charge in [0.2, 0.25) is 0 Å². The zero-order valence-corrected chi connectivity index (χ0v) is 7.95. The minimum absolute atomic E-state index is 0.560. The Morgan fingerprint density at radius 3 is 2.25 bits per heavy atom. The number of para-hydroxylation sites is 1. The fourth-order valence-electron chi connectivity index (χ4n) is 0.831. The standard InChI is InChI=1S/C10H16NO/c1-4-11(2,3)12-10-8-6-5-7-9-10/h5-9H,4H2,1-3H3/q+1. The van der Waals surface area contributed by atoms with Crippen LogP contribution in [0.25, 0.3) is 0 Å². The highest BCUT2D eigenvalue weighted by Gasteiger charge is 2.13. The second-order valence-electron chi connectivity index (χ2n) is 3.29. The molecule has 2 heteroatoms. The summed E-state index contributed by atoms with van der Waals surface area (Å²) in [6.07, 6.45) is 0. The van der Waals surface area contributed by atoms with Gasteiger partial charge in [-0.05, 0) is 19.1 Å². The Labute approximate surface area is 73.9 Å². The summed E-state index contributed by atoms with van der Waals surface area (Å²) in [6, 6.07) is 9.88. The molecule has 0 atom stereocenters. The molecule has 0 radical (unpaired) electrons. The van der Waals surface area contributed by atoms with Gasteiger partial charge in [0.1, 0.15) is 20.6 Å². The summed E-state index contributed by atoms with van der Waals surface area (Å²) in [4.78, 5) is 5.69. The molecule has 0 saturated heterocycles. The number of nitrogens with zero attached hydrogens (tertiary/aromatic N) is 1. The van der Waals surface area contributed by atoms with Gasteiger partial charge >= 0.3 is 0 Å². The normalized spacial score (nSPS) is 11.2. The molecule has 0 aliphatic rings. The summed E-state index contributed by atoms with van der Waals surface area (Å²) >= 11 is 0. The predicted octanol–water partition coefficient (Wildman–Crippen LogP) is 2.08. The maximum atomic E-state index is 5.69. The highest BCUT2D eigenvalue weighted by atomic mass is 16.7. The Balaban J connectivity index is 2.64. The van der Waals surface area contributed by atoms with E-state index in [0.717, 1.165) is 12.3 Å².